The maximum Gasteiger partial charge on any atom is 0.101 e. The summed E-state index contributed by atoms with van der Waals surface area (Å²) in [4.78, 5) is 2.27. The second kappa shape index (κ2) is 6.08. The Morgan fingerprint density at radius 2 is 2.11 bits per heavy atom. The molecule has 1 aliphatic rings. The first-order chi connectivity index (χ1) is 9.17. The SMILES string of the molecule is Cc1ccc(N(C)C2CCCCC2CN)c(C#N)c1. The first kappa shape index (κ1) is 13.9. The van der Waals surface area contributed by atoms with E-state index in [1.165, 1.54) is 25.7 Å². The van der Waals surface area contributed by atoms with E-state index in [9.17, 15) is 5.26 Å². The highest BCUT2D eigenvalue weighted by atomic mass is 15.1. The number of anilines is 1. The third-order valence-electron chi connectivity index (χ3n) is 4.32. The van der Waals surface area contributed by atoms with Gasteiger partial charge in [0.05, 0.1) is 11.3 Å². The Labute approximate surface area is 116 Å². The van der Waals surface area contributed by atoms with Gasteiger partial charge in [-0.3, -0.25) is 0 Å². The smallest absolute Gasteiger partial charge is 0.101 e. The van der Waals surface area contributed by atoms with Gasteiger partial charge in [-0.25, -0.2) is 0 Å². The van der Waals surface area contributed by atoms with Crippen molar-refractivity contribution in [2.24, 2.45) is 11.7 Å². The summed E-state index contributed by atoms with van der Waals surface area (Å²) in [5, 5.41) is 9.31. The standard InChI is InChI=1S/C16H23N3/c1-12-7-8-16(14(9-12)11-18)19(2)15-6-4-3-5-13(15)10-17/h7-9,13,15H,3-6,10,17H2,1-2H3. The van der Waals surface area contributed by atoms with E-state index in [-0.39, 0.29) is 0 Å². The molecule has 2 atom stereocenters. The van der Waals surface area contributed by atoms with Gasteiger partial charge in [-0.2, -0.15) is 5.26 Å². The minimum absolute atomic E-state index is 0.466. The Balaban J connectivity index is 2.28. The number of benzene rings is 1. The Bertz CT molecular complexity index is 475. The maximum absolute atomic E-state index is 9.31. The van der Waals surface area contributed by atoms with Crippen LogP contribution in [0.3, 0.4) is 0 Å². The van der Waals surface area contributed by atoms with Gasteiger partial charge in [0, 0.05) is 13.1 Å². The summed E-state index contributed by atoms with van der Waals surface area (Å²) in [6.07, 6.45) is 4.93. The lowest BCUT2D eigenvalue weighted by Gasteiger charge is -2.39. The molecule has 1 aliphatic carbocycles. The van der Waals surface area contributed by atoms with Crippen LogP contribution in [0.2, 0.25) is 0 Å². The van der Waals surface area contributed by atoms with Gasteiger partial charge < -0.3 is 10.6 Å². The number of hydrogen-bond acceptors (Lipinski definition) is 3. The van der Waals surface area contributed by atoms with E-state index >= 15 is 0 Å². The van der Waals surface area contributed by atoms with Crippen LogP contribution in [-0.2, 0) is 0 Å². The van der Waals surface area contributed by atoms with Gasteiger partial charge in [-0.05, 0) is 49.9 Å². The van der Waals surface area contributed by atoms with Crippen LogP contribution in [-0.4, -0.2) is 19.6 Å². The highest BCUT2D eigenvalue weighted by Gasteiger charge is 2.28. The van der Waals surface area contributed by atoms with Crippen molar-refractivity contribution >= 4 is 5.69 Å². The third kappa shape index (κ3) is 2.90. The highest BCUT2D eigenvalue weighted by molar-refractivity contribution is 5.60. The van der Waals surface area contributed by atoms with Crippen molar-refractivity contribution < 1.29 is 0 Å². The van der Waals surface area contributed by atoms with Crippen LogP contribution in [0.4, 0.5) is 5.69 Å². The van der Waals surface area contributed by atoms with Gasteiger partial charge in [0.1, 0.15) is 6.07 Å². The number of rotatable bonds is 3. The van der Waals surface area contributed by atoms with Gasteiger partial charge >= 0.3 is 0 Å². The first-order valence-corrected chi connectivity index (χ1v) is 7.11. The molecule has 0 spiro atoms. The third-order valence-corrected chi connectivity index (χ3v) is 4.32. The van der Waals surface area contributed by atoms with E-state index in [2.05, 4.69) is 30.1 Å². The van der Waals surface area contributed by atoms with E-state index < -0.39 is 0 Å². The first-order valence-electron chi connectivity index (χ1n) is 7.11. The molecule has 2 rings (SSSR count). The Kier molecular flexibility index (Phi) is 4.44. The summed E-state index contributed by atoms with van der Waals surface area (Å²) >= 11 is 0. The molecule has 102 valence electrons. The van der Waals surface area contributed by atoms with E-state index in [0.717, 1.165) is 23.4 Å². The molecule has 0 aliphatic heterocycles. The highest BCUT2D eigenvalue weighted by Crippen LogP contribution is 2.31. The van der Waals surface area contributed by atoms with Crippen LogP contribution in [0.5, 0.6) is 0 Å². The Morgan fingerprint density at radius 1 is 1.37 bits per heavy atom. The minimum Gasteiger partial charge on any atom is -0.370 e. The summed E-state index contributed by atoms with van der Waals surface area (Å²) in [6, 6.07) is 8.89. The second-order valence-electron chi connectivity index (χ2n) is 5.59. The Hall–Kier alpha value is -1.53. The van der Waals surface area contributed by atoms with Crippen molar-refractivity contribution in [2.75, 3.05) is 18.5 Å². The van der Waals surface area contributed by atoms with Crippen molar-refractivity contribution in [3.05, 3.63) is 29.3 Å². The summed E-state index contributed by atoms with van der Waals surface area (Å²) < 4.78 is 0. The molecule has 1 aromatic carbocycles. The van der Waals surface area contributed by atoms with E-state index in [1.54, 1.807) is 0 Å². The normalized spacial score (nSPS) is 22.8. The molecule has 1 saturated carbocycles. The van der Waals surface area contributed by atoms with Crippen molar-refractivity contribution in [1.82, 2.24) is 0 Å². The van der Waals surface area contributed by atoms with Crippen LogP contribution in [0.15, 0.2) is 18.2 Å². The molecule has 0 bridgehead atoms. The molecule has 3 heteroatoms. The predicted octanol–water partition coefficient (Wildman–Crippen LogP) is 2.82. The van der Waals surface area contributed by atoms with Gasteiger partial charge in [-0.1, -0.05) is 18.9 Å². The number of nitrogens with two attached hydrogens (primary N) is 1. The topological polar surface area (TPSA) is 53.0 Å². The lowest BCUT2D eigenvalue weighted by molar-refractivity contribution is 0.306. The summed E-state index contributed by atoms with van der Waals surface area (Å²) in [7, 11) is 2.10. The molecule has 1 aromatic rings. The molecule has 0 heterocycles. The molecule has 2 N–H and O–H groups in total. The lowest BCUT2D eigenvalue weighted by atomic mass is 9.83. The van der Waals surface area contributed by atoms with E-state index in [0.29, 0.717) is 12.0 Å². The minimum atomic E-state index is 0.466. The molecule has 0 saturated heterocycles. The number of nitriles is 1. The van der Waals surface area contributed by atoms with Crippen LogP contribution in [0.25, 0.3) is 0 Å². The van der Waals surface area contributed by atoms with Gasteiger partial charge in [0.25, 0.3) is 0 Å². The van der Waals surface area contributed by atoms with Crippen LogP contribution < -0.4 is 10.6 Å². The molecule has 0 radical (unpaired) electrons. The van der Waals surface area contributed by atoms with Crippen LogP contribution in [0, 0.1) is 24.2 Å². The molecule has 0 amide bonds. The molecular formula is C16H23N3. The zero-order valence-corrected chi connectivity index (χ0v) is 11.9. The molecule has 3 nitrogen and oxygen atoms in total. The fourth-order valence-corrected chi connectivity index (χ4v) is 3.20. The molecule has 2 unspecified atom stereocenters. The number of aryl methyl sites for hydroxylation is 1. The van der Waals surface area contributed by atoms with Gasteiger partial charge in [0.15, 0.2) is 0 Å². The fourth-order valence-electron chi connectivity index (χ4n) is 3.20. The van der Waals surface area contributed by atoms with Crippen molar-refractivity contribution in [1.29, 1.82) is 5.26 Å². The lowest BCUT2D eigenvalue weighted by Crippen LogP contribution is -2.43. The largest absolute Gasteiger partial charge is 0.370 e. The maximum atomic E-state index is 9.31. The van der Waals surface area contributed by atoms with Crippen molar-refractivity contribution in [2.45, 2.75) is 38.6 Å². The number of hydrogen-bond donors (Lipinski definition) is 1. The zero-order valence-electron chi connectivity index (χ0n) is 11.9. The van der Waals surface area contributed by atoms with E-state index in [1.807, 2.05) is 13.0 Å². The quantitative estimate of drug-likeness (QED) is 0.906. The Morgan fingerprint density at radius 3 is 2.79 bits per heavy atom. The van der Waals surface area contributed by atoms with E-state index in [4.69, 9.17) is 5.73 Å². The van der Waals surface area contributed by atoms with Crippen LogP contribution in [0.1, 0.15) is 36.8 Å². The second-order valence-corrected chi connectivity index (χ2v) is 5.59. The van der Waals surface area contributed by atoms with Gasteiger partial charge in [-0.15, -0.1) is 0 Å². The fraction of sp³-hybridized carbons (Fsp3) is 0.562. The summed E-state index contributed by atoms with van der Waals surface area (Å²) in [5.74, 6) is 0.548. The van der Waals surface area contributed by atoms with Gasteiger partial charge in [0.2, 0.25) is 0 Å². The van der Waals surface area contributed by atoms with Crippen molar-refractivity contribution in [3.63, 3.8) is 0 Å². The monoisotopic (exact) mass is 257 g/mol. The molecule has 0 aromatic heterocycles. The zero-order chi connectivity index (χ0) is 13.8. The van der Waals surface area contributed by atoms with Crippen molar-refractivity contribution in [3.8, 4) is 6.07 Å². The summed E-state index contributed by atoms with van der Waals surface area (Å²) in [5.41, 5.74) is 8.85. The predicted molar refractivity (Wildman–Crippen MR) is 79.1 cm³/mol. The molecular weight excluding hydrogens is 234 g/mol. The molecule has 1 fully saturated rings. The average Bonchev–Trinajstić information content (AvgIpc) is 2.46. The summed E-state index contributed by atoms with van der Waals surface area (Å²) in [6.45, 7) is 2.76. The number of nitrogens with zero attached hydrogens (tertiary/aromatic N) is 2. The molecule has 19 heavy (non-hydrogen) atoms. The van der Waals surface area contributed by atoms with Crippen LogP contribution >= 0.6 is 0 Å². The average molecular weight is 257 g/mol.